The molecule has 0 aliphatic carbocycles. The number of morpholine rings is 1. The average Bonchev–Trinajstić information content (AvgIpc) is 3.39. The number of carbonyl (C=O) groups is 1. The van der Waals surface area contributed by atoms with E-state index >= 15 is 0 Å². The fourth-order valence-electron chi connectivity index (χ4n) is 3.60. The molecule has 1 aliphatic rings. The maximum atomic E-state index is 12.9. The molecule has 0 spiro atoms. The van der Waals surface area contributed by atoms with Gasteiger partial charge in [-0.05, 0) is 26.0 Å². The SMILES string of the molecule is CCc1onc(C)c1-c1cccc(C2CN(C(=O)c3cnn(CC)c3)CCO2)n1. The number of amides is 1. The van der Waals surface area contributed by atoms with Crippen LogP contribution >= 0.6 is 0 Å². The second-order valence-corrected chi connectivity index (χ2v) is 7.06. The van der Waals surface area contributed by atoms with Gasteiger partial charge in [-0.3, -0.25) is 9.48 Å². The van der Waals surface area contributed by atoms with Crippen LogP contribution in [0.2, 0.25) is 0 Å². The van der Waals surface area contributed by atoms with Crippen LogP contribution in [0.15, 0.2) is 35.1 Å². The molecule has 0 N–H and O–H groups in total. The standard InChI is InChI=1S/C21H25N5O3/c1-4-18-20(14(3)24-29-18)17-8-6-7-16(23-17)19-13-25(9-10-28-19)21(27)15-11-22-26(5-2)12-15/h6-8,11-12,19H,4-5,9-10,13H2,1-3H3. The van der Waals surface area contributed by atoms with E-state index in [0.717, 1.165) is 41.4 Å². The van der Waals surface area contributed by atoms with Crippen LogP contribution in [0.3, 0.4) is 0 Å². The number of ether oxygens (including phenoxy) is 1. The summed E-state index contributed by atoms with van der Waals surface area (Å²) < 4.78 is 13.1. The molecule has 8 nitrogen and oxygen atoms in total. The van der Waals surface area contributed by atoms with E-state index < -0.39 is 0 Å². The summed E-state index contributed by atoms with van der Waals surface area (Å²) in [5.41, 5.74) is 3.97. The zero-order valence-corrected chi connectivity index (χ0v) is 17.0. The average molecular weight is 395 g/mol. The second kappa shape index (κ2) is 8.16. The molecule has 0 bridgehead atoms. The van der Waals surface area contributed by atoms with E-state index in [0.29, 0.717) is 25.3 Å². The molecule has 0 aromatic carbocycles. The van der Waals surface area contributed by atoms with E-state index in [1.165, 1.54) is 0 Å². The molecule has 8 heteroatoms. The molecule has 3 aromatic heterocycles. The van der Waals surface area contributed by atoms with E-state index in [1.807, 2.05) is 43.9 Å². The largest absolute Gasteiger partial charge is 0.368 e. The highest BCUT2D eigenvalue weighted by atomic mass is 16.5. The Labute approximate surface area is 169 Å². The topological polar surface area (TPSA) is 86.3 Å². The Hall–Kier alpha value is -3.00. The number of pyridine rings is 1. The van der Waals surface area contributed by atoms with Crippen LogP contribution in [0.25, 0.3) is 11.3 Å². The zero-order chi connectivity index (χ0) is 20.4. The third kappa shape index (κ3) is 3.80. The summed E-state index contributed by atoms with van der Waals surface area (Å²) >= 11 is 0. The minimum atomic E-state index is -0.279. The second-order valence-electron chi connectivity index (χ2n) is 7.06. The maximum Gasteiger partial charge on any atom is 0.257 e. The monoisotopic (exact) mass is 395 g/mol. The molecule has 4 heterocycles. The normalized spacial score (nSPS) is 16.9. The summed E-state index contributed by atoms with van der Waals surface area (Å²) in [5, 5.41) is 8.28. The van der Waals surface area contributed by atoms with Gasteiger partial charge in [-0.2, -0.15) is 5.10 Å². The molecule has 1 unspecified atom stereocenters. The number of hydrogen-bond donors (Lipinski definition) is 0. The van der Waals surface area contributed by atoms with Gasteiger partial charge in [-0.25, -0.2) is 4.98 Å². The molecular formula is C21H25N5O3. The van der Waals surface area contributed by atoms with Gasteiger partial charge in [0, 0.05) is 25.7 Å². The molecule has 0 saturated carbocycles. The number of nitrogens with zero attached hydrogens (tertiary/aromatic N) is 5. The van der Waals surface area contributed by atoms with Crippen molar-refractivity contribution in [1.29, 1.82) is 0 Å². The summed E-state index contributed by atoms with van der Waals surface area (Å²) in [6.45, 7) is 8.15. The Kier molecular flexibility index (Phi) is 5.44. The third-order valence-corrected chi connectivity index (χ3v) is 5.17. The minimum Gasteiger partial charge on any atom is -0.368 e. The smallest absolute Gasteiger partial charge is 0.257 e. The lowest BCUT2D eigenvalue weighted by molar-refractivity contribution is -0.0246. The van der Waals surface area contributed by atoms with Crippen LogP contribution in [-0.2, 0) is 17.7 Å². The first kappa shape index (κ1) is 19.3. The van der Waals surface area contributed by atoms with Gasteiger partial charge in [0.25, 0.3) is 5.91 Å². The van der Waals surface area contributed by atoms with Gasteiger partial charge in [0.2, 0.25) is 0 Å². The molecular weight excluding hydrogens is 370 g/mol. The lowest BCUT2D eigenvalue weighted by Crippen LogP contribution is -2.42. The van der Waals surface area contributed by atoms with Crippen molar-refractivity contribution in [3.05, 3.63) is 53.3 Å². The first-order valence-electron chi connectivity index (χ1n) is 9.96. The Morgan fingerprint density at radius 3 is 2.93 bits per heavy atom. The molecule has 4 rings (SSSR count). The van der Waals surface area contributed by atoms with Gasteiger partial charge < -0.3 is 14.2 Å². The predicted octanol–water partition coefficient (Wildman–Crippen LogP) is 3.04. The lowest BCUT2D eigenvalue weighted by Gasteiger charge is -2.32. The Morgan fingerprint density at radius 2 is 2.17 bits per heavy atom. The van der Waals surface area contributed by atoms with Crippen molar-refractivity contribution in [2.45, 2.75) is 39.8 Å². The van der Waals surface area contributed by atoms with E-state index in [4.69, 9.17) is 14.2 Å². The van der Waals surface area contributed by atoms with Crippen LogP contribution < -0.4 is 0 Å². The van der Waals surface area contributed by atoms with Crippen LogP contribution in [0.1, 0.15) is 47.5 Å². The number of aromatic nitrogens is 4. The zero-order valence-electron chi connectivity index (χ0n) is 17.0. The molecule has 0 radical (unpaired) electrons. The Morgan fingerprint density at radius 1 is 1.31 bits per heavy atom. The lowest BCUT2D eigenvalue weighted by atomic mass is 10.1. The highest BCUT2D eigenvalue weighted by Crippen LogP contribution is 2.29. The molecule has 1 fully saturated rings. The quantitative estimate of drug-likeness (QED) is 0.660. The van der Waals surface area contributed by atoms with Crippen molar-refractivity contribution < 1.29 is 14.1 Å². The fraction of sp³-hybridized carbons (Fsp3) is 0.429. The molecule has 1 saturated heterocycles. The summed E-state index contributed by atoms with van der Waals surface area (Å²) in [7, 11) is 0. The molecule has 3 aromatic rings. The van der Waals surface area contributed by atoms with Crippen LogP contribution in [0.4, 0.5) is 0 Å². The number of hydrogen-bond acceptors (Lipinski definition) is 6. The van der Waals surface area contributed by atoms with Crippen LogP contribution in [0, 0.1) is 6.92 Å². The van der Waals surface area contributed by atoms with E-state index in [2.05, 4.69) is 10.3 Å². The molecule has 1 aliphatic heterocycles. The van der Waals surface area contributed by atoms with E-state index in [1.54, 1.807) is 17.1 Å². The maximum absolute atomic E-state index is 12.9. The summed E-state index contributed by atoms with van der Waals surface area (Å²) in [5.74, 6) is 0.791. The van der Waals surface area contributed by atoms with Gasteiger partial charge in [0.15, 0.2) is 0 Å². The number of carbonyl (C=O) groups excluding carboxylic acids is 1. The summed E-state index contributed by atoms with van der Waals surface area (Å²) in [6.07, 6.45) is 3.87. The van der Waals surface area contributed by atoms with Crippen molar-refractivity contribution in [3.63, 3.8) is 0 Å². The first-order chi connectivity index (χ1) is 14.1. The van der Waals surface area contributed by atoms with Crippen LogP contribution in [-0.4, -0.2) is 50.4 Å². The van der Waals surface area contributed by atoms with Gasteiger partial charge >= 0.3 is 0 Å². The summed E-state index contributed by atoms with van der Waals surface area (Å²) in [6, 6.07) is 5.84. The number of rotatable bonds is 5. The van der Waals surface area contributed by atoms with Crippen molar-refractivity contribution >= 4 is 5.91 Å². The van der Waals surface area contributed by atoms with Crippen molar-refractivity contribution in [3.8, 4) is 11.3 Å². The molecule has 1 atom stereocenters. The fourth-order valence-corrected chi connectivity index (χ4v) is 3.60. The highest BCUT2D eigenvalue weighted by Gasteiger charge is 2.28. The first-order valence-corrected chi connectivity index (χ1v) is 9.96. The van der Waals surface area contributed by atoms with E-state index in [9.17, 15) is 4.79 Å². The van der Waals surface area contributed by atoms with Crippen LogP contribution in [0.5, 0.6) is 0 Å². The van der Waals surface area contributed by atoms with E-state index in [-0.39, 0.29) is 12.0 Å². The predicted molar refractivity (Wildman–Crippen MR) is 106 cm³/mol. The molecule has 152 valence electrons. The third-order valence-electron chi connectivity index (χ3n) is 5.17. The molecule has 1 amide bonds. The van der Waals surface area contributed by atoms with Crippen molar-refractivity contribution in [2.75, 3.05) is 19.7 Å². The van der Waals surface area contributed by atoms with Crippen molar-refractivity contribution in [1.82, 2.24) is 24.8 Å². The van der Waals surface area contributed by atoms with Gasteiger partial charge in [-0.15, -0.1) is 0 Å². The van der Waals surface area contributed by atoms with Gasteiger partial charge in [0.1, 0.15) is 11.9 Å². The summed E-state index contributed by atoms with van der Waals surface area (Å²) in [4.78, 5) is 19.5. The minimum absolute atomic E-state index is 0.0303. The Bertz CT molecular complexity index is 1010. The number of aryl methyl sites for hydroxylation is 3. The highest BCUT2D eigenvalue weighted by molar-refractivity contribution is 5.93. The van der Waals surface area contributed by atoms with Gasteiger partial charge in [0.05, 0.1) is 47.6 Å². The van der Waals surface area contributed by atoms with Gasteiger partial charge in [-0.1, -0.05) is 18.1 Å². The van der Waals surface area contributed by atoms with Crippen molar-refractivity contribution in [2.24, 2.45) is 0 Å². The Balaban J connectivity index is 1.55. The molecule has 29 heavy (non-hydrogen) atoms.